The van der Waals surface area contributed by atoms with Gasteiger partial charge in [-0.2, -0.15) is 0 Å². The summed E-state index contributed by atoms with van der Waals surface area (Å²) < 4.78 is 0. The highest BCUT2D eigenvalue weighted by molar-refractivity contribution is 5.87. The monoisotopic (exact) mass is 243 g/mol. The number of amides is 2. The molecule has 0 aliphatic carbocycles. The van der Waals surface area contributed by atoms with Gasteiger partial charge >= 0.3 is 0 Å². The molecule has 0 saturated carbocycles. The summed E-state index contributed by atoms with van der Waals surface area (Å²) in [5, 5.41) is 8.55. The van der Waals surface area contributed by atoms with Crippen molar-refractivity contribution >= 4 is 11.8 Å². The second kappa shape index (κ2) is 7.27. The summed E-state index contributed by atoms with van der Waals surface area (Å²) in [5.74, 6) is -0.267. The first-order chi connectivity index (χ1) is 7.76. The molecule has 0 aliphatic rings. The van der Waals surface area contributed by atoms with E-state index in [2.05, 4.69) is 16.0 Å². The standard InChI is InChI=1S/C12H25N3O2/c1-6-13-8-7-10(16)14-9(2)11(17)15-12(3,4)5/h9,13H,6-8H2,1-5H3,(H,14,16)(H,15,17). The van der Waals surface area contributed by atoms with E-state index in [1.807, 2.05) is 27.7 Å². The number of rotatable bonds is 6. The quantitative estimate of drug-likeness (QED) is 0.592. The minimum Gasteiger partial charge on any atom is -0.350 e. The Morgan fingerprint density at radius 2 is 1.82 bits per heavy atom. The molecule has 1 atom stereocenters. The van der Waals surface area contributed by atoms with Crippen LogP contribution >= 0.6 is 0 Å². The molecule has 0 rings (SSSR count). The van der Waals surface area contributed by atoms with Gasteiger partial charge in [-0.3, -0.25) is 9.59 Å². The van der Waals surface area contributed by atoms with Crippen LogP contribution in [-0.4, -0.2) is 36.5 Å². The second-order valence-electron chi connectivity index (χ2n) is 5.13. The lowest BCUT2D eigenvalue weighted by Gasteiger charge is -2.23. The maximum Gasteiger partial charge on any atom is 0.242 e. The van der Waals surface area contributed by atoms with E-state index in [4.69, 9.17) is 0 Å². The average molecular weight is 243 g/mol. The predicted octanol–water partition coefficient (Wildman–Crippen LogP) is 0.405. The Balaban J connectivity index is 3.95. The van der Waals surface area contributed by atoms with Crippen molar-refractivity contribution in [3.05, 3.63) is 0 Å². The number of hydrogen-bond acceptors (Lipinski definition) is 3. The van der Waals surface area contributed by atoms with E-state index < -0.39 is 6.04 Å². The lowest BCUT2D eigenvalue weighted by molar-refractivity contribution is -0.129. The zero-order chi connectivity index (χ0) is 13.5. The van der Waals surface area contributed by atoms with Crippen LogP contribution in [0.3, 0.4) is 0 Å². The third-order valence-electron chi connectivity index (χ3n) is 2.05. The van der Waals surface area contributed by atoms with Gasteiger partial charge < -0.3 is 16.0 Å². The van der Waals surface area contributed by atoms with Crippen molar-refractivity contribution in [1.29, 1.82) is 0 Å². The van der Waals surface area contributed by atoms with Crippen molar-refractivity contribution in [3.8, 4) is 0 Å². The Kier molecular flexibility index (Phi) is 6.80. The van der Waals surface area contributed by atoms with Gasteiger partial charge in [0.1, 0.15) is 6.04 Å². The maximum absolute atomic E-state index is 11.7. The van der Waals surface area contributed by atoms with E-state index in [-0.39, 0.29) is 17.4 Å². The maximum atomic E-state index is 11.7. The van der Waals surface area contributed by atoms with Gasteiger partial charge in [0.25, 0.3) is 0 Å². The fourth-order valence-electron chi connectivity index (χ4n) is 1.24. The van der Waals surface area contributed by atoms with E-state index >= 15 is 0 Å². The highest BCUT2D eigenvalue weighted by atomic mass is 16.2. The molecule has 0 radical (unpaired) electrons. The Bertz CT molecular complexity index is 259. The molecule has 5 heteroatoms. The van der Waals surface area contributed by atoms with Gasteiger partial charge in [-0.05, 0) is 34.2 Å². The van der Waals surface area contributed by atoms with Gasteiger partial charge in [-0.25, -0.2) is 0 Å². The summed E-state index contributed by atoms with van der Waals surface area (Å²) in [5.41, 5.74) is -0.278. The Hall–Kier alpha value is -1.10. The van der Waals surface area contributed by atoms with Crippen LogP contribution in [0.5, 0.6) is 0 Å². The molecule has 0 aromatic heterocycles. The molecule has 17 heavy (non-hydrogen) atoms. The van der Waals surface area contributed by atoms with E-state index in [9.17, 15) is 9.59 Å². The van der Waals surface area contributed by atoms with Gasteiger partial charge in [-0.1, -0.05) is 6.92 Å². The van der Waals surface area contributed by atoms with Gasteiger partial charge in [0.2, 0.25) is 11.8 Å². The molecule has 100 valence electrons. The molecule has 3 N–H and O–H groups in total. The van der Waals surface area contributed by atoms with E-state index in [1.54, 1.807) is 6.92 Å². The number of nitrogens with one attached hydrogen (secondary N) is 3. The second-order valence-corrected chi connectivity index (χ2v) is 5.13. The Labute approximate surface area is 104 Å². The molecule has 0 heterocycles. The topological polar surface area (TPSA) is 70.2 Å². The molecule has 0 fully saturated rings. The number of hydrogen-bond donors (Lipinski definition) is 3. The number of carbonyl (C=O) groups excluding carboxylic acids is 2. The van der Waals surface area contributed by atoms with Gasteiger partial charge in [0.15, 0.2) is 0 Å². The molecule has 0 aromatic rings. The van der Waals surface area contributed by atoms with Crippen LogP contribution in [0.2, 0.25) is 0 Å². The van der Waals surface area contributed by atoms with Crippen LogP contribution in [-0.2, 0) is 9.59 Å². The summed E-state index contributed by atoms with van der Waals surface area (Å²) >= 11 is 0. The molecule has 0 aromatic carbocycles. The largest absolute Gasteiger partial charge is 0.350 e. The minimum atomic E-state index is -0.497. The van der Waals surface area contributed by atoms with Crippen molar-refractivity contribution in [3.63, 3.8) is 0 Å². The summed E-state index contributed by atoms with van der Waals surface area (Å²) in [6.45, 7) is 10.9. The lowest BCUT2D eigenvalue weighted by atomic mass is 10.1. The lowest BCUT2D eigenvalue weighted by Crippen LogP contribution is -2.51. The van der Waals surface area contributed by atoms with Gasteiger partial charge in [0, 0.05) is 18.5 Å². The molecule has 0 aliphatic heterocycles. The van der Waals surface area contributed by atoms with Crippen LogP contribution in [0, 0.1) is 0 Å². The molecule has 1 unspecified atom stereocenters. The SMILES string of the molecule is CCNCCC(=O)NC(C)C(=O)NC(C)(C)C. The first-order valence-electron chi connectivity index (χ1n) is 6.08. The molecule has 2 amide bonds. The van der Waals surface area contributed by atoms with Crippen LogP contribution in [0.4, 0.5) is 0 Å². The fourth-order valence-corrected chi connectivity index (χ4v) is 1.24. The van der Waals surface area contributed by atoms with Crippen molar-refractivity contribution in [2.75, 3.05) is 13.1 Å². The van der Waals surface area contributed by atoms with Crippen LogP contribution < -0.4 is 16.0 Å². The molecule has 0 bridgehead atoms. The molecule has 0 spiro atoms. The first kappa shape index (κ1) is 15.9. The third-order valence-corrected chi connectivity index (χ3v) is 2.05. The average Bonchev–Trinajstić information content (AvgIpc) is 2.15. The van der Waals surface area contributed by atoms with Crippen molar-refractivity contribution in [1.82, 2.24) is 16.0 Å². The Morgan fingerprint density at radius 3 is 2.29 bits per heavy atom. The first-order valence-corrected chi connectivity index (χ1v) is 6.08. The van der Waals surface area contributed by atoms with Crippen LogP contribution in [0.15, 0.2) is 0 Å². The molecular weight excluding hydrogens is 218 g/mol. The highest BCUT2D eigenvalue weighted by Crippen LogP contribution is 1.99. The smallest absolute Gasteiger partial charge is 0.242 e. The Morgan fingerprint density at radius 1 is 1.24 bits per heavy atom. The minimum absolute atomic E-state index is 0.109. The van der Waals surface area contributed by atoms with Crippen molar-refractivity contribution in [2.24, 2.45) is 0 Å². The normalized spacial score (nSPS) is 13.0. The molecular formula is C12H25N3O2. The van der Waals surface area contributed by atoms with Gasteiger partial charge in [-0.15, -0.1) is 0 Å². The summed E-state index contributed by atoms with van der Waals surface area (Å²) in [4.78, 5) is 23.1. The summed E-state index contributed by atoms with van der Waals surface area (Å²) in [7, 11) is 0. The number of carbonyl (C=O) groups is 2. The zero-order valence-electron chi connectivity index (χ0n) is 11.5. The van der Waals surface area contributed by atoms with Crippen molar-refractivity contribution < 1.29 is 9.59 Å². The van der Waals surface area contributed by atoms with E-state index in [0.29, 0.717) is 13.0 Å². The van der Waals surface area contributed by atoms with Crippen LogP contribution in [0.1, 0.15) is 41.0 Å². The predicted molar refractivity (Wildman–Crippen MR) is 68.7 cm³/mol. The van der Waals surface area contributed by atoms with E-state index in [1.165, 1.54) is 0 Å². The van der Waals surface area contributed by atoms with Crippen molar-refractivity contribution in [2.45, 2.75) is 52.6 Å². The highest BCUT2D eigenvalue weighted by Gasteiger charge is 2.20. The summed E-state index contributed by atoms with van der Waals surface area (Å²) in [6, 6.07) is -0.497. The van der Waals surface area contributed by atoms with Crippen LogP contribution in [0.25, 0.3) is 0 Å². The third kappa shape index (κ3) is 8.68. The zero-order valence-corrected chi connectivity index (χ0v) is 11.5. The summed E-state index contributed by atoms with van der Waals surface area (Å²) in [6.07, 6.45) is 0.390. The molecule has 5 nitrogen and oxygen atoms in total. The molecule has 0 saturated heterocycles. The van der Waals surface area contributed by atoms with E-state index in [0.717, 1.165) is 6.54 Å². The fraction of sp³-hybridized carbons (Fsp3) is 0.833. The van der Waals surface area contributed by atoms with Gasteiger partial charge in [0.05, 0.1) is 0 Å².